The van der Waals surface area contributed by atoms with Crippen LogP contribution in [0.4, 0.5) is 0 Å². The van der Waals surface area contributed by atoms with Crippen molar-refractivity contribution < 1.29 is 9.59 Å². The Hall–Kier alpha value is -2.96. The summed E-state index contributed by atoms with van der Waals surface area (Å²) in [5.41, 5.74) is 6.13. The molecule has 0 saturated carbocycles. The maximum atomic E-state index is 12.5. The van der Waals surface area contributed by atoms with Crippen molar-refractivity contribution in [1.82, 2.24) is 14.7 Å². The number of aromatic nitrogens is 2. The first-order valence-electron chi connectivity index (χ1n) is 7.75. The molecule has 0 bridgehead atoms. The molecule has 1 aromatic carbocycles. The molecule has 1 atom stereocenters. The molecule has 2 N–H and O–H groups in total. The van der Waals surface area contributed by atoms with Crippen LogP contribution in [0, 0.1) is 5.92 Å². The third-order valence-electron chi connectivity index (χ3n) is 4.14. The molecule has 124 valence electrons. The van der Waals surface area contributed by atoms with Gasteiger partial charge < -0.3 is 10.6 Å². The summed E-state index contributed by atoms with van der Waals surface area (Å²) < 4.78 is 1.27. The summed E-state index contributed by atoms with van der Waals surface area (Å²) in [5.74, 6) is -1.00. The van der Waals surface area contributed by atoms with E-state index in [0.717, 1.165) is 5.56 Å². The SMILES string of the molecule is NC(=O)[C@H]1CCN(C(=O)c2ccc(=O)n(Cc3ccccc3)n2)C1. The Morgan fingerprint density at radius 2 is 1.92 bits per heavy atom. The van der Waals surface area contributed by atoms with Gasteiger partial charge in [0.1, 0.15) is 5.69 Å². The number of primary amides is 1. The molecule has 3 rings (SSSR count). The number of amides is 2. The minimum Gasteiger partial charge on any atom is -0.369 e. The summed E-state index contributed by atoms with van der Waals surface area (Å²) in [6, 6.07) is 12.2. The van der Waals surface area contributed by atoms with E-state index in [0.29, 0.717) is 26.1 Å². The summed E-state index contributed by atoms with van der Waals surface area (Å²) in [4.78, 5) is 37.3. The van der Waals surface area contributed by atoms with Crippen molar-refractivity contribution in [2.24, 2.45) is 11.7 Å². The fourth-order valence-corrected chi connectivity index (χ4v) is 2.77. The summed E-state index contributed by atoms with van der Waals surface area (Å²) in [6.45, 7) is 1.06. The van der Waals surface area contributed by atoms with Crippen molar-refractivity contribution in [2.75, 3.05) is 13.1 Å². The van der Waals surface area contributed by atoms with Gasteiger partial charge in [0.05, 0.1) is 12.5 Å². The van der Waals surface area contributed by atoms with E-state index in [1.54, 1.807) is 4.90 Å². The van der Waals surface area contributed by atoms with E-state index in [1.165, 1.54) is 16.8 Å². The first-order chi connectivity index (χ1) is 11.5. The zero-order valence-corrected chi connectivity index (χ0v) is 13.1. The molecular weight excluding hydrogens is 308 g/mol. The highest BCUT2D eigenvalue weighted by Crippen LogP contribution is 2.17. The number of likely N-dealkylation sites (tertiary alicyclic amines) is 1. The van der Waals surface area contributed by atoms with Crippen LogP contribution in [0.15, 0.2) is 47.3 Å². The van der Waals surface area contributed by atoms with E-state index in [9.17, 15) is 14.4 Å². The third kappa shape index (κ3) is 3.34. The Kier molecular flexibility index (Phi) is 4.41. The second-order valence-electron chi connectivity index (χ2n) is 5.84. The average Bonchev–Trinajstić information content (AvgIpc) is 3.07. The number of nitrogens with two attached hydrogens (primary N) is 1. The van der Waals surface area contributed by atoms with Crippen LogP contribution in [0.5, 0.6) is 0 Å². The molecule has 0 aliphatic carbocycles. The second kappa shape index (κ2) is 6.66. The highest BCUT2D eigenvalue weighted by molar-refractivity contribution is 5.93. The molecule has 1 saturated heterocycles. The largest absolute Gasteiger partial charge is 0.369 e. The minimum atomic E-state index is -0.396. The summed E-state index contributed by atoms with van der Waals surface area (Å²) >= 11 is 0. The van der Waals surface area contributed by atoms with Crippen molar-refractivity contribution in [3.8, 4) is 0 Å². The number of carbonyl (C=O) groups excluding carboxylic acids is 2. The highest BCUT2D eigenvalue weighted by atomic mass is 16.2. The van der Waals surface area contributed by atoms with E-state index in [1.807, 2.05) is 30.3 Å². The van der Waals surface area contributed by atoms with Gasteiger partial charge in [-0.2, -0.15) is 5.10 Å². The molecule has 2 heterocycles. The monoisotopic (exact) mass is 326 g/mol. The van der Waals surface area contributed by atoms with Gasteiger partial charge in [0.2, 0.25) is 5.91 Å². The van der Waals surface area contributed by atoms with Gasteiger partial charge in [0.25, 0.3) is 11.5 Å². The number of benzene rings is 1. The number of nitrogens with zero attached hydrogens (tertiary/aromatic N) is 3. The lowest BCUT2D eigenvalue weighted by Crippen LogP contribution is -2.34. The summed E-state index contributed by atoms with van der Waals surface area (Å²) in [7, 11) is 0. The van der Waals surface area contributed by atoms with E-state index < -0.39 is 5.91 Å². The number of hydrogen-bond acceptors (Lipinski definition) is 4. The Balaban J connectivity index is 1.79. The van der Waals surface area contributed by atoms with Gasteiger partial charge in [-0.25, -0.2) is 4.68 Å². The van der Waals surface area contributed by atoms with Crippen LogP contribution < -0.4 is 11.3 Å². The molecule has 7 nitrogen and oxygen atoms in total. The first kappa shape index (κ1) is 15.9. The number of hydrogen-bond donors (Lipinski definition) is 1. The van der Waals surface area contributed by atoms with Gasteiger partial charge in [-0.05, 0) is 18.1 Å². The van der Waals surface area contributed by atoms with Gasteiger partial charge in [-0.3, -0.25) is 14.4 Å². The van der Waals surface area contributed by atoms with Crippen molar-refractivity contribution >= 4 is 11.8 Å². The molecule has 1 aliphatic heterocycles. The normalized spacial score (nSPS) is 17.0. The standard InChI is InChI=1S/C17H18N4O3/c18-16(23)13-8-9-20(11-13)17(24)14-6-7-15(22)21(19-14)10-12-4-2-1-3-5-12/h1-7,13H,8-11H2,(H2,18,23)/t13-/m0/s1. The van der Waals surface area contributed by atoms with Crippen LogP contribution in [0.1, 0.15) is 22.5 Å². The summed E-state index contributed by atoms with van der Waals surface area (Å²) in [6.07, 6.45) is 0.560. The average molecular weight is 326 g/mol. The van der Waals surface area contributed by atoms with Crippen molar-refractivity contribution in [2.45, 2.75) is 13.0 Å². The van der Waals surface area contributed by atoms with E-state index in [4.69, 9.17) is 5.73 Å². The van der Waals surface area contributed by atoms with Gasteiger partial charge in [0.15, 0.2) is 0 Å². The fraction of sp³-hybridized carbons (Fsp3) is 0.294. The van der Waals surface area contributed by atoms with Gasteiger partial charge in [-0.15, -0.1) is 0 Å². The van der Waals surface area contributed by atoms with Crippen molar-refractivity contribution in [3.05, 3.63) is 64.1 Å². The second-order valence-corrected chi connectivity index (χ2v) is 5.84. The van der Waals surface area contributed by atoms with E-state index in [-0.39, 0.29) is 23.1 Å². The Bertz CT molecular complexity index is 816. The van der Waals surface area contributed by atoms with Gasteiger partial charge in [-0.1, -0.05) is 30.3 Å². The maximum absolute atomic E-state index is 12.5. The lowest BCUT2D eigenvalue weighted by Gasteiger charge is -2.16. The van der Waals surface area contributed by atoms with Crippen LogP contribution in [-0.4, -0.2) is 39.6 Å². The van der Waals surface area contributed by atoms with Gasteiger partial charge >= 0.3 is 0 Å². The Morgan fingerprint density at radius 1 is 1.17 bits per heavy atom. The number of carbonyl (C=O) groups is 2. The Morgan fingerprint density at radius 3 is 2.58 bits per heavy atom. The van der Waals surface area contributed by atoms with Crippen LogP contribution in [0.3, 0.4) is 0 Å². The zero-order valence-electron chi connectivity index (χ0n) is 13.1. The summed E-state index contributed by atoms with van der Waals surface area (Å²) in [5, 5.41) is 4.18. The molecule has 7 heteroatoms. The smallest absolute Gasteiger partial charge is 0.274 e. The minimum absolute atomic E-state index is 0.190. The molecular formula is C17H18N4O3. The lowest BCUT2D eigenvalue weighted by molar-refractivity contribution is -0.121. The topological polar surface area (TPSA) is 98.3 Å². The third-order valence-corrected chi connectivity index (χ3v) is 4.14. The highest BCUT2D eigenvalue weighted by Gasteiger charge is 2.30. The van der Waals surface area contributed by atoms with Crippen LogP contribution in [0.2, 0.25) is 0 Å². The molecule has 2 aromatic rings. The van der Waals surface area contributed by atoms with Crippen LogP contribution >= 0.6 is 0 Å². The molecule has 1 aromatic heterocycles. The predicted molar refractivity (Wildman–Crippen MR) is 87.2 cm³/mol. The quantitative estimate of drug-likeness (QED) is 0.870. The maximum Gasteiger partial charge on any atom is 0.274 e. The number of rotatable bonds is 4. The predicted octanol–water partition coefficient (Wildman–Crippen LogP) is 0.239. The van der Waals surface area contributed by atoms with Gasteiger partial charge in [0, 0.05) is 19.2 Å². The molecule has 2 amide bonds. The van der Waals surface area contributed by atoms with E-state index >= 15 is 0 Å². The molecule has 0 spiro atoms. The lowest BCUT2D eigenvalue weighted by atomic mass is 10.1. The first-order valence-corrected chi connectivity index (χ1v) is 7.75. The van der Waals surface area contributed by atoms with Crippen LogP contribution in [-0.2, 0) is 11.3 Å². The van der Waals surface area contributed by atoms with Crippen molar-refractivity contribution in [3.63, 3.8) is 0 Å². The van der Waals surface area contributed by atoms with E-state index in [2.05, 4.69) is 5.10 Å². The van der Waals surface area contributed by atoms with Crippen LogP contribution in [0.25, 0.3) is 0 Å². The molecule has 0 radical (unpaired) electrons. The Labute approximate surface area is 138 Å². The molecule has 1 fully saturated rings. The fourth-order valence-electron chi connectivity index (χ4n) is 2.77. The molecule has 0 unspecified atom stereocenters. The molecule has 24 heavy (non-hydrogen) atoms. The zero-order chi connectivity index (χ0) is 17.1. The van der Waals surface area contributed by atoms with Crippen molar-refractivity contribution in [1.29, 1.82) is 0 Å². The molecule has 1 aliphatic rings.